The van der Waals surface area contributed by atoms with Crippen molar-refractivity contribution in [2.24, 2.45) is 0 Å². The molecule has 3 heteroatoms. The van der Waals surface area contributed by atoms with E-state index in [-0.39, 0.29) is 11.8 Å². The number of carbonyl (C=O) groups is 1. The Kier molecular flexibility index (Phi) is 2.48. The summed E-state index contributed by atoms with van der Waals surface area (Å²) in [6.45, 7) is 2.09. The summed E-state index contributed by atoms with van der Waals surface area (Å²) in [5.74, 6) is 0.0986. The predicted molar refractivity (Wildman–Crippen MR) is 70.6 cm³/mol. The number of hydrogen-bond donors (Lipinski definition) is 1. The first-order chi connectivity index (χ1) is 8.24. The zero-order valence-corrected chi connectivity index (χ0v) is 10.4. The number of rotatable bonds is 2. The van der Waals surface area contributed by atoms with Crippen molar-refractivity contribution < 1.29 is 4.79 Å². The summed E-state index contributed by atoms with van der Waals surface area (Å²) in [4.78, 5) is 14.5. The number of benzene rings is 1. The zero-order chi connectivity index (χ0) is 11.8. The average Bonchev–Trinajstić information content (AvgIpc) is 2.85. The van der Waals surface area contributed by atoms with Crippen molar-refractivity contribution in [1.29, 1.82) is 0 Å². The van der Waals surface area contributed by atoms with Gasteiger partial charge < -0.3 is 5.32 Å². The highest BCUT2D eigenvalue weighted by Crippen LogP contribution is 2.35. The largest absolute Gasteiger partial charge is 0.325 e. The summed E-state index contributed by atoms with van der Waals surface area (Å²) in [5.41, 5.74) is 2.10. The molecule has 1 amide bonds. The highest BCUT2D eigenvalue weighted by molar-refractivity contribution is 7.11. The SMILES string of the molecule is Cc1ccc(C[C@@H]2C(=O)Nc3ccccc32)s1. The standard InChI is InChI=1S/C14H13NOS/c1-9-6-7-10(17-9)8-12-11-4-2-3-5-13(11)15-14(12)16/h2-7,12H,8H2,1H3,(H,15,16)/t12-/m0/s1. The molecule has 0 spiro atoms. The van der Waals surface area contributed by atoms with Crippen LogP contribution in [0.25, 0.3) is 0 Å². The third kappa shape index (κ3) is 1.87. The lowest BCUT2D eigenvalue weighted by Crippen LogP contribution is -2.13. The van der Waals surface area contributed by atoms with Crippen molar-refractivity contribution in [3.05, 3.63) is 51.7 Å². The van der Waals surface area contributed by atoms with Crippen molar-refractivity contribution in [3.8, 4) is 0 Å². The molecule has 2 heterocycles. The van der Waals surface area contributed by atoms with Crippen molar-refractivity contribution in [3.63, 3.8) is 0 Å². The van der Waals surface area contributed by atoms with Crippen LogP contribution >= 0.6 is 11.3 Å². The Morgan fingerprint density at radius 1 is 1.24 bits per heavy atom. The summed E-state index contributed by atoms with van der Waals surface area (Å²) in [6, 6.07) is 12.2. The molecule has 1 atom stereocenters. The highest BCUT2D eigenvalue weighted by atomic mass is 32.1. The fourth-order valence-electron chi connectivity index (χ4n) is 2.27. The van der Waals surface area contributed by atoms with Crippen LogP contribution in [0.1, 0.15) is 21.2 Å². The number of amides is 1. The summed E-state index contributed by atoms with van der Waals surface area (Å²) in [7, 11) is 0. The van der Waals surface area contributed by atoms with Crippen LogP contribution < -0.4 is 5.32 Å². The maximum absolute atomic E-state index is 11.9. The fraction of sp³-hybridized carbons (Fsp3) is 0.214. The number of carbonyl (C=O) groups excluding carboxylic acids is 1. The van der Waals surface area contributed by atoms with Gasteiger partial charge in [-0.2, -0.15) is 0 Å². The maximum Gasteiger partial charge on any atom is 0.232 e. The highest BCUT2D eigenvalue weighted by Gasteiger charge is 2.30. The predicted octanol–water partition coefficient (Wildman–Crippen LogP) is 3.33. The van der Waals surface area contributed by atoms with E-state index in [4.69, 9.17) is 0 Å². The fourth-order valence-corrected chi connectivity index (χ4v) is 3.21. The Morgan fingerprint density at radius 2 is 2.06 bits per heavy atom. The molecule has 0 bridgehead atoms. The van der Waals surface area contributed by atoms with Crippen LogP contribution in [-0.4, -0.2) is 5.91 Å². The smallest absolute Gasteiger partial charge is 0.232 e. The van der Waals surface area contributed by atoms with Gasteiger partial charge in [-0.3, -0.25) is 4.79 Å². The molecule has 2 nitrogen and oxygen atoms in total. The Morgan fingerprint density at radius 3 is 2.82 bits per heavy atom. The molecule has 0 aliphatic carbocycles. The number of thiophene rings is 1. The number of fused-ring (bicyclic) bond motifs is 1. The van der Waals surface area contributed by atoms with Crippen LogP contribution in [-0.2, 0) is 11.2 Å². The number of aryl methyl sites for hydroxylation is 1. The molecule has 86 valence electrons. The van der Waals surface area contributed by atoms with E-state index in [0.717, 1.165) is 17.7 Å². The summed E-state index contributed by atoms with van der Waals surface area (Å²) in [5, 5.41) is 2.94. The average molecular weight is 243 g/mol. The van der Waals surface area contributed by atoms with E-state index >= 15 is 0 Å². The lowest BCUT2D eigenvalue weighted by atomic mass is 9.97. The van der Waals surface area contributed by atoms with Gasteiger partial charge in [-0.25, -0.2) is 0 Å². The molecule has 1 aliphatic heterocycles. The quantitative estimate of drug-likeness (QED) is 0.861. The minimum atomic E-state index is -0.0238. The van der Waals surface area contributed by atoms with Crippen LogP contribution in [0, 0.1) is 6.92 Å². The molecule has 1 aromatic heterocycles. The van der Waals surface area contributed by atoms with Gasteiger partial charge in [0.15, 0.2) is 0 Å². The summed E-state index contributed by atoms with van der Waals surface area (Å²) in [6.07, 6.45) is 0.807. The van der Waals surface area contributed by atoms with E-state index in [1.807, 2.05) is 24.3 Å². The molecule has 0 saturated heterocycles. The second kappa shape index (κ2) is 4.00. The first-order valence-corrected chi connectivity index (χ1v) is 6.51. The van der Waals surface area contributed by atoms with Crippen molar-refractivity contribution in [2.75, 3.05) is 5.32 Å². The van der Waals surface area contributed by atoms with Crippen LogP contribution in [0.4, 0.5) is 5.69 Å². The molecule has 0 fully saturated rings. The second-order valence-electron chi connectivity index (χ2n) is 4.35. The summed E-state index contributed by atoms with van der Waals surface area (Å²) < 4.78 is 0. The topological polar surface area (TPSA) is 29.1 Å². The zero-order valence-electron chi connectivity index (χ0n) is 9.57. The monoisotopic (exact) mass is 243 g/mol. The Bertz CT molecular complexity index is 573. The molecule has 0 radical (unpaired) electrons. The Labute approximate surface area is 104 Å². The van der Waals surface area contributed by atoms with Crippen LogP contribution in [0.2, 0.25) is 0 Å². The molecule has 1 N–H and O–H groups in total. The molecule has 0 saturated carbocycles. The van der Waals surface area contributed by atoms with Crippen LogP contribution in [0.15, 0.2) is 36.4 Å². The van der Waals surface area contributed by atoms with E-state index in [9.17, 15) is 4.79 Å². The normalized spacial score (nSPS) is 17.9. The Balaban J connectivity index is 1.91. The van der Waals surface area contributed by atoms with Gasteiger partial charge in [0.05, 0.1) is 5.92 Å². The van der Waals surface area contributed by atoms with Crippen molar-refractivity contribution >= 4 is 22.9 Å². The third-order valence-corrected chi connectivity index (χ3v) is 4.13. The van der Waals surface area contributed by atoms with Crippen molar-refractivity contribution in [1.82, 2.24) is 0 Å². The first kappa shape index (κ1) is 10.5. The van der Waals surface area contributed by atoms with Gasteiger partial charge in [-0.05, 0) is 37.1 Å². The van der Waals surface area contributed by atoms with E-state index < -0.39 is 0 Å². The molecule has 0 unspecified atom stereocenters. The van der Waals surface area contributed by atoms with E-state index in [1.165, 1.54) is 9.75 Å². The number of para-hydroxylation sites is 1. The molecule has 1 aromatic carbocycles. The lowest BCUT2D eigenvalue weighted by Gasteiger charge is -2.06. The Hall–Kier alpha value is -1.61. The summed E-state index contributed by atoms with van der Waals surface area (Å²) >= 11 is 1.77. The molecule has 17 heavy (non-hydrogen) atoms. The van der Waals surface area contributed by atoms with E-state index in [1.54, 1.807) is 11.3 Å². The van der Waals surface area contributed by atoms with Gasteiger partial charge in [-0.15, -0.1) is 11.3 Å². The van der Waals surface area contributed by atoms with Crippen LogP contribution in [0.5, 0.6) is 0 Å². The molecule has 3 rings (SSSR count). The van der Waals surface area contributed by atoms with E-state index in [0.29, 0.717) is 0 Å². The van der Waals surface area contributed by atoms with Gasteiger partial charge in [0.1, 0.15) is 0 Å². The van der Waals surface area contributed by atoms with Gasteiger partial charge in [0.25, 0.3) is 0 Å². The van der Waals surface area contributed by atoms with Crippen molar-refractivity contribution in [2.45, 2.75) is 19.3 Å². The van der Waals surface area contributed by atoms with E-state index in [2.05, 4.69) is 24.4 Å². The number of anilines is 1. The maximum atomic E-state index is 11.9. The lowest BCUT2D eigenvalue weighted by molar-refractivity contribution is -0.117. The van der Waals surface area contributed by atoms with Crippen LogP contribution in [0.3, 0.4) is 0 Å². The minimum absolute atomic E-state index is 0.0238. The van der Waals surface area contributed by atoms with Gasteiger partial charge in [-0.1, -0.05) is 18.2 Å². The third-order valence-electron chi connectivity index (χ3n) is 3.11. The molecule has 2 aromatic rings. The molecule has 1 aliphatic rings. The van der Waals surface area contributed by atoms with Gasteiger partial charge >= 0.3 is 0 Å². The number of nitrogens with one attached hydrogen (secondary N) is 1. The van der Waals surface area contributed by atoms with Gasteiger partial charge in [0.2, 0.25) is 5.91 Å². The number of hydrogen-bond acceptors (Lipinski definition) is 2. The first-order valence-electron chi connectivity index (χ1n) is 5.69. The minimum Gasteiger partial charge on any atom is -0.325 e. The second-order valence-corrected chi connectivity index (χ2v) is 5.72. The molecular formula is C14H13NOS. The molecular weight excluding hydrogens is 230 g/mol. The van der Waals surface area contributed by atoms with Gasteiger partial charge in [0, 0.05) is 15.4 Å².